The molecular weight excluding hydrogens is 623 g/mol. The molecule has 2 aromatic carbocycles. The van der Waals surface area contributed by atoms with Crippen molar-refractivity contribution in [2.24, 2.45) is 0 Å². The molecule has 2 heterocycles. The largest absolute Gasteiger partial charge is 0.522 e. The van der Waals surface area contributed by atoms with Crippen LogP contribution < -0.4 is 4.74 Å². The molecule has 0 atom stereocenters. The van der Waals surface area contributed by atoms with Gasteiger partial charge >= 0.3 is 28.0 Å². The Morgan fingerprint density at radius 2 is 1.44 bits per heavy atom. The average Bonchev–Trinajstić information content (AvgIpc) is 3.34. The van der Waals surface area contributed by atoms with Crippen LogP contribution in [-0.2, 0) is 29.0 Å². The van der Waals surface area contributed by atoms with Gasteiger partial charge < -0.3 is 4.74 Å². The summed E-state index contributed by atoms with van der Waals surface area (Å²) >= 11 is 0. The van der Waals surface area contributed by atoms with Crippen LogP contribution in [0.1, 0.15) is 22.4 Å². The van der Waals surface area contributed by atoms with Gasteiger partial charge in [-0.1, -0.05) is 11.3 Å². The summed E-state index contributed by atoms with van der Waals surface area (Å²) in [7, 11) is -4.33. The van der Waals surface area contributed by atoms with Crippen molar-refractivity contribution in [1.29, 1.82) is 0 Å². The summed E-state index contributed by atoms with van der Waals surface area (Å²) < 4.78 is 143. The molecule has 0 aliphatic carbocycles. The van der Waals surface area contributed by atoms with Crippen molar-refractivity contribution >= 4 is 10.1 Å². The third kappa shape index (κ3) is 8.66. The lowest BCUT2D eigenvalue weighted by Gasteiger charge is -2.14. The highest BCUT2D eigenvalue weighted by molar-refractivity contribution is 7.86. The van der Waals surface area contributed by atoms with Crippen molar-refractivity contribution in [1.82, 2.24) is 20.0 Å². The molecule has 1 N–H and O–H groups in total. The molecule has 0 amide bonds. The lowest BCUT2D eigenvalue weighted by atomic mass is 10.0. The molecule has 8 nitrogen and oxygen atoms in total. The van der Waals surface area contributed by atoms with Crippen LogP contribution in [0.3, 0.4) is 0 Å². The molecule has 0 spiro atoms. The summed E-state index contributed by atoms with van der Waals surface area (Å²) in [5, 5.41) is 7.89. The molecule has 4 rings (SSSR count). The summed E-state index contributed by atoms with van der Waals surface area (Å²) in [6.07, 6.45) is -6.72. The smallest absolute Gasteiger partial charge is 0.496 e. The zero-order valence-electron chi connectivity index (χ0n) is 21.8. The number of alkyl halides is 9. The Morgan fingerprint density at radius 3 is 1.93 bits per heavy atom. The predicted octanol–water partition coefficient (Wildman–Crippen LogP) is 6.80. The van der Waals surface area contributed by atoms with Gasteiger partial charge in [0.25, 0.3) is 0 Å². The van der Waals surface area contributed by atoms with Gasteiger partial charge in [0.15, 0.2) is 0 Å². The molecule has 0 fully saturated rings. The first-order valence-electron chi connectivity index (χ1n) is 11.5. The third-order valence-electron chi connectivity index (χ3n) is 5.53. The van der Waals surface area contributed by atoms with E-state index in [0.29, 0.717) is 29.1 Å². The average molecular weight is 643 g/mol. The number of hydrogen-bond donors (Lipinski definition) is 1. The second-order valence-electron chi connectivity index (χ2n) is 8.74. The normalized spacial score (nSPS) is 12.5. The number of hydrogen-bond acceptors (Lipinski definition) is 6. The molecule has 232 valence electrons. The molecule has 0 aliphatic rings. The maximum Gasteiger partial charge on any atom is 0.522 e. The van der Waals surface area contributed by atoms with E-state index < -0.39 is 39.1 Å². The topological polar surface area (TPSA) is 107 Å². The Labute approximate surface area is 237 Å². The van der Waals surface area contributed by atoms with Crippen LogP contribution in [0.4, 0.5) is 39.5 Å². The standard InChI is InChI=1S/C24H18F6N4O.CHF3O3S/c1-14-7-16(5-6-31-14)20-4-3-17(10-22(20)35-2)21-13-34(33-32-21)12-15-8-18(23(25,26)27)11-19(9-15)24(28,29)30;2-1(3,4)8(5,6)7/h3-11,13H,12H2,1-2H3;(H,5,6,7). The minimum Gasteiger partial charge on any atom is -0.496 e. The zero-order chi connectivity index (χ0) is 32.4. The van der Waals surface area contributed by atoms with Crippen LogP contribution in [0.2, 0.25) is 0 Å². The number of methoxy groups -OCH3 is 1. The van der Waals surface area contributed by atoms with Gasteiger partial charge in [0.05, 0.1) is 31.0 Å². The van der Waals surface area contributed by atoms with Crippen LogP contribution >= 0.6 is 0 Å². The number of ether oxygens (including phenoxy) is 1. The van der Waals surface area contributed by atoms with E-state index in [-0.39, 0.29) is 18.2 Å². The summed E-state index contributed by atoms with van der Waals surface area (Å²) in [6, 6.07) is 10.5. The fraction of sp³-hybridized carbons (Fsp3) is 0.240. The molecule has 18 heteroatoms. The van der Waals surface area contributed by atoms with Crippen molar-refractivity contribution in [2.45, 2.75) is 31.3 Å². The van der Waals surface area contributed by atoms with E-state index in [0.717, 1.165) is 16.8 Å². The SMILES string of the molecule is COc1cc(-c2cn(Cc3cc(C(F)(F)F)cc(C(F)(F)F)c3)nn2)ccc1-c1ccnc(C)c1.O=S(=O)(O)C(F)(F)F. The number of halogens is 9. The fourth-order valence-corrected chi connectivity index (χ4v) is 3.61. The van der Waals surface area contributed by atoms with Gasteiger partial charge in [0.1, 0.15) is 11.4 Å². The Morgan fingerprint density at radius 1 is 0.860 bits per heavy atom. The maximum atomic E-state index is 13.1. The number of aromatic nitrogens is 4. The van der Waals surface area contributed by atoms with E-state index in [9.17, 15) is 39.5 Å². The van der Waals surface area contributed by atoms with Gasteiger partial charge in [-0.15, -0.1) is 5.10 Å². The molecule has 2 aromatic heterocycles. The Bertz CT molecular complexity index is 1670. The van der Waals surface area contributed by atoms with Gasteiger partial charge in [0, 0.05) is 23.0 Å². The van der Waals surface area contributed by atoms with Gasteiger partial charge in [-0.05, 0) is 60.5 Å². The molecule has 0 saturated carbocycles. The van der Waals surface area contributed by atoms with E-state index in [2.05, 4.69) is 15.3 Å². The first-order valence-corrected chi connectivity index (χ1v) is 13.0. The number of pyridine rings is 1. The second-order valence-corrected chi connectivity index (χ2v) is 10.2. The van der Waals surface area contributed by atoms with Gasteiger partial charge in [-0.25, -0.2) is 4.68 Å². The van der Waals surface area contributed by atoms with E-state index in [4.69, 9.17) is 17.7 Å². The predicted molar refractivity (Wildman–Crippen MR) is 133 cm³/mol. The van der Waals surface area contributed by atoms with Crippen LogP contribution in [-0.4, -0.2) is 45.6 Å². The lowest BCUT2D eigenvalue weighted by molar-refractivity contribution is -0.143. The molecule has 0 radical (unpaired) electrons. The third-order valence-corrected chi connectivity index (χ3v) is 6.11. The van der Waals surface area contributed by atoms with Crippen LogP contribution in [0, 0.1) is 6.92 Å². The van der Waals surface area contributed by atoms with E-state index >= 15 is 0 Å². The Hall–Kier alpha value is -4.19. The van der Waals surface area contributed by atoms with Gasteiger partial charge in [0.2, 0.25) is 0 Å². The maximum absolute atomic E-state index is 13.1. The van der Waals surface area contributed by atoms with Crippen LogP contribution in [0.5, 0.6) is 5.75 Å². The minimum absolute atomic E-state index is 0.0917. The van der Waals surface area contributed by atoms with Crippen LogP contribution in [0.25, 0.3) is 22.4 Å². The Kier molecular flexibility index (Phi) is 9.45. The van der Waals surface area contributed by atoms with Crippen molar-refractivity contribution in [2.75, 3.05) is 7.11 Å². The molecule has 4 aromatic rings. The second kappa shape index (κ2) is 12.2. The number of benzene rings is 2. The molecular formula is C25H19F9N4O4S. The first kappa shape index (κ1) is 33.3. The van der Waals surface area contributed by atoms with Gasteiger partial charge in [-0.3, -0.25) is 9.54 Å². The van der Waals surface area contributed by atoms with Crippen molar-refractivity contribution in [3.63, 3.8) is 0 Å². The lowest BCUT2D eigenvalue weighted by Crippen LogP contribution is -2.21. The highest BCUT2D eigenvalue weighted by Gasteiger charge is 2.44. The van der Waals surface area contributed by atoms with Crippen LogP contribution in [0.15, 0.2) is 60.9 Å². The van der Waals surface area contributed by atoms with E-state index in [1.165, 1.54) is 18.0 Å². The quantitative estimate of drug-likeness (QED) is 0.145. The molecule has 0 bridgehead atoms. The van der Waals surface area contributed by atoms with Gasteiger partial charge in [-0.2, -0.15) is 47.9 Å². The highest BCUT2D eigenvalue weighted by atomic mass is 32.2. The fourth-order valence-electron chi connectivity index (χ4n) is 3.61. The highest BCUT2D eigenvalue weighted by Crippen LogP contribution is 2.37. The number of rotatable bonds is 5. The molecule has 43 heavy (non-hydrogen) atoms. The van der Waals surface area contributed by atoms with Crippen molar-refractivity contribution < 1.29 is 57.2 Å². The molecule has 0 unspecified atom stereocenters. The summed E-state index contributed by atoms with van der Waals surface area (Å²) in [4.78, 5) is 4.17. The summed E-state index contributed by atoms with van der Waals surface area (Å²) in [5.41, 5.74) is -4.96. The Balaban J connectivity index is 0.000000557. The van der Waals surface area contributed by atoms with Crippen molar-refractivity contribution in [3.05, 3.63) is 83.3 Å². The van der Waals surface area contributed by atoms with E-state index in [1.54, 1.807) is 18.3 Å². The van der Waals surface area contributed by atoms with Crippen molar-refractivity contribution in [3.8, 4) is 28.1 Å². The molecule has 0 saturated heterocycles. The molecule has 0 aliphatic heterocycles. The number of aryl methyl sites for hydroxylation is 1. The summed E-state index contributed by atoms with van der Waals surface area (Å²) in [6.45, 7) is 1.54. The monoisotopic (exact) mass is 642 g/mol. The zero-order valence-corrected chi connectivity index (χ0v) is 22.6. The van der Waals surface area contributed by atoms with E-state index in [1.807, 2.05) is 25.1 Å². The minimum atomic E-state index is -5.84. The first-order chi connectivity index (χ1) is 19.7. The number of nitrogens with zero attached hydrogens (tertiary/aromatic N) is 4. The summed E-state index contributed by atoms with van der Waals surface area (Å²) in [5.74, 6) is 0.551.